The molecule has 1 nitrogen and oxygen atoms in total. The van der Waals surface area contributed by atoms with E-state index in [4.69, 9.17) is 17.3 Å². The molecule has 0 saturated heterocycles. The lowest BCUT2D eigenvalue weighted by atomic mass is 9.96. The first-order valence-electron chi connectivity index (χ1n) is 6.21. The molecule has 0 spiro atoms. The monoisotopic (exact) mass is 259 g/mol. The van der Waals surface area contributed by atoms with Gasteiger partial charge >= 0.3 is 0 Å². The van der Waals surface area contributed by atoms with Gasteiger partial charge in [0, 0.05) is 5.02 Å². The summed E-state index contributed by atoms with van der Waals surface area (Å²) >= 11 is 6.08. The Kier molecular flexibility index (Phi) is 4.05. The van der Waals surface area contributed by atoms with Crippen LogP contribution in [0.5, 0.6) is 0 Å². The Bertz CT molecular complexity index is 528. The van der Waals surface area contributed by atoms with Crippen molar-refractivity contribution in [3.05, 3.63) is 69.7 Å². The van der Waals surface area contributed by atoms with Crippen LogP contribution in [0.1, 0.15) is 35.2 Å². The zero-order valence-corrected chi connectivity index (χ0v) is 11.5. The number of nitrogens with two attached hydrogens (primary N) is 1. The van der Waals surface area contributed by atoms with Crippen molar-refractivity contribution in [3.63, 3.8) is 0 Å². The number of halogens is 1. The zero-order valence-electron chi connectivity index (χ0n) is 10.8. The summed E-state index contributed by atoms with van der Waals surface area (Å²) in [6.07, 6.45) is 1.02. The van der Waals surface area contributed by atoms with Crippen molar-refractivity contribution in [2.75, 3.05) is 0 Å². The Balaban J connectivity index is 2.37. The summed E-state index contributed by atoms with van der Waals surface area (Å²) in [7, 11) is 0. The third kappa shape index (κ3) is 2.92. The second-order valence-corrected chi connectivity index (χ2v) is 5.07. The van der Waals surface area contributed by atoms with E-state index in [-0.39, 0.29) is 6.04 Å². The molecule has 0 heterocycles. The molecule has 2 rings (SSSR count). The summed E-state index contributed by atoms with van der Waals surface area (Å²) in [6.45, 7) is 4.18. The predicted octanol–water partition coefficient (Wildman–Crippen LogP) is 4.26. The smallest absolute Gasteiger partial charge is 0.0552 e. The first-order chi connectivity index (χ1) is 8.60. The SMILES string of the molecule is CCc1cccc(C(N)c2cc(C)cc(Cl)c2)c1. The molecule has 0 amide bonds. The van der Waals surface area contributed by atoms with Crippen molar-refractivity contribution >= 4 is 11.6 Å². The van der Waals surface area contributed by atoms with Gasteiger partial charge in [-0.15, -0.1) is 0 Å². The Hall–Kier alpha value is -1.31. The van der Waals surface area contributed by atoms with Crippen molar-refractivity contribution < 1.29 is 0 Å². The van der Waals surface area contributed by atoms with E-state index in [1.165, 1.54) is 5.56 Å². The maximum absolute atomic E-state index is 6.32. The highest BCUT2D eigenvalue weighted by Crippen LogP contribution is 2.24. The molecule has 0 aromatic heterocycles. The summed E-state index contributed by atoms with van der Waals surface area (Å²) in [5, 5.41) is 0.743. The predicted molar refractivity (Wildman–Crippen MR) is 78.0 cm³/mol. The average molecular weight is 260 g/mol. The van der Waals surface area contributed by atoms with Crippen LogP contribution in [-0.2, 0) is 6.42 Å². The molecule has 2 N–H and O–H groups in total. The molecule has 0 radical (unpaired) electrons. The molecule has 1 unspecified atom stereocenters. The van der Waals surface area contributed by atoms with Crippen LogP contribution in [-0.4, -0.2) is 0 Å². The minimum Gasteiger partial charge on any atom is -0.320 e. The highest BCUT2D eigenvalue weighted by atomic mass is 35.5. The lowest BCUT2D eigenvalue weighted by molar-refractivity contribution is 0.866. The zero-order chi connectivity index (χ0) is 13.1. The molecule has 0 bridgehead atoms. The molecule has 0 aliphatic carbocycles. The second kappa shape index (κ2) is 5.55. The van der Waals surface area contributed by atoms with Gasteiger partial charge in [-0.1, -0.05) is 48.9 Å². The summed E-state index contributed by atoms with van der Waals surface area (Å²) < 4.78 is 0. The van der Waals surface area contributed by atoms with Gasteiger partial charge in [-0.05, 0) is 47.7 Å². The van der Waals surface area contributed by atoms with Crippen molar-refractivity contribution in [1.29, 1.82) is 0 Å². The van der Waals surface area contributed by atoms with Crippen molar-refractivity contribution in [2.45, 2.75) is 26.3 Å². The molecule has 94 valence electrons. The van der Waals surface area contributed by atoms with E-state index in [0.717, 1.165) is 28.1 Å². The first kappa shape index (κ1) is 13.1. The molecule has 0 fully saturated rings. The quantitative estimate of drug-likeness (QED) is 0.876. The van der Waals surface area contributed by atoms with Crippen LogP contribution in [0.15, 0.2) is 42.5 Å². The number of hydrogen-bond donors (Lipinski definition) is 1. The van der Waals surface area contributed by atoms with Gasteiger partial charge in [-0.3, -0.25) is 0 Å². The van der Waals surface area contributed by atoms with Gasteiger partial charge in [-0.2, -0.15) is 0 Å². The van der Waals surface area contributed by atoms with E-state index < -0.39 is 0 Å². The second-order valence-electron chi connectivity index (χ2n) is 4.64. The molecule has 0 aliphatic rings. The standard InChI is InChI=1S/C16H18ClN/c1-3-12-5-4-6-13(9-12)16(18)14-7-11(2)8-15(17)10-14/h4-10,16H,3,18H2,1-2H3. The number of rotatable bonds is 3. The fourth-order valence-electron chi connectivity index (χ4n) is 2.14. The van der Waals surface area contributed by atoms with Crippen LogP contribution in [0, 0.1) is 6.92 Å². The van der Waals surface area contributed by atoms with Gasteiger partial charge in [-0.25, -0.2) is 0 Å². The molecule has 0 saturated carbocycles. The molecular weight excluding hydrogens is 242 g/mol. The molecule has 1 atom stereocenters. The lowest BCUT2D eigenvalue weighted by Crippen LogP contribution is -2.12. The van der Waals surface area contributed by atoms with Crippen molar-refractivity contribution in [3.8, 4) is 0 Å². The van der Waals surface area contributed by atoms with Crippen LogP contribution in [0.3, 0.4) is 0 Å². The number of benzene rings is 2. The van der Waals surface area contributed by atoms with Gasteiger partial charge in [0.15, 0.2) is 0 Å². The Morgan fingerprint density at radius 3 is 2.56 bits per heavy atom. The topological polar surface area (TPSA) is 26.0 Å². The number of hydrogen-bond acceptors (Lipinski definition) is 1. The largest absolute Gasteiger partial charge is 0.320 e. The Morgan fingerprint density at radius 2 is 1.89 bits per heavy atom. The van der Waals surface area contributed by atoms with Gasteiger partial charge in [0.05, 0.1) is 6.04 Å². The van der Waals surface area contributed by atoms with E-state index >= 15 is 0 Å². The fraction of sp³-hybridized carbons (Fsp3) is 0.250. The Morgan fingerprint density at radius 1 is 1.11 bits per heavy atom. The van der Waals surface area contributed by atoms with Gasteiger partial charge in [0.25, 0.3) is 0 Å². The summed E-state index contributed by atoms with van der Waals surface area (Å²) in [5.41, 5.74) is 11.0. The van der Waals surface area contributed by atoms with Crippen LogP contribution >= 0.6 is 11.6 Å². The minimum atomic E-state index is -0.117. The summed E-state index contributed by atoms with van der Waals surface area (Å²) in [6, 6.07) is 14.3. The molecular formula is C16H18ClN. The van der Waals surface area contributed by atoms with Crippen molar-refractivity contribution in [2.24, 2.45) is 5.73 Å². The van der Waals surface area contributed by atoms with E-state index in [0.29, 0.717) is 0 Å². The van der Waals surface area contributed by atoms with E-state index in [9.17, 15) is 0 Å². The molecule has 2 heteroatoms. The molecule has 2 aromatic carbocycles. The van der Waals surface area contributed by atoms with Crippen LogP contribution in [0.25, 0.3) is 0 Å². The van der Waals surface area contributed by atoms with Crippen LogP contribution in [0.2, 0.25) is 5.02 Å². The highest BCUT2D eigenvalue weighted by Gasteiger charge is 2.10. The maximum Gasteiger partial charge on any atom is 0.0552 e. The molecule has 2 aromatic rings. The van der Waals surface area contributed by atoms with E-state index in [2.05, 4.69) is 37.3 Å². The van der Waals surface area contributed by atoms with Crippen molar-refractivity contribution in [1.82, 2.24) is 0 Å². The van der Waals surface area contributed by atoms with Gasteiger partial charge < -0.3 is 5.73 Å². The summed E-state index contributed by atoms with van der Waals surface area (Å²) in [4.78, 5) is 0. The third-order valence-corrected chi connectivity index (χ3v) is 3.36. The van der Waals surface area contributed by atoms with Crippen LogP contribution in [0.4, 0.5) is 0 Å². The Labute approximate surface area is 114 Å². The molecule has 0 aliphatic heterocycles. The third-order valence-electron chi connectivity index (χ3n) is 3.14. The van der Waals surface area contributed by atoms with E-state index in [1.54, 1.807) is 0 Å². The normalized spacial score (nSPS) is 12.4. The maximum atomic E-state index is 6.32. The fourth-order valence-corrected chi connectivity index (χ4v) is 2.44. The summed E-state index contributed by atoms with van der Waals surface area (Å²) in [5.74, 6) is 0. The van der Waals surface area contributed by atoms with Gasteiger partial charge in [0.2, 0.25) is 0 Å². The highest BCUT2D eigenvalue weighted by molar-refractivity contribution is 6.30. The number of aryl methyl sites for hydroxylation is 2. The molecule has 18 heavy (non-hydrogen) atoms. The average Bonchev–Trinajstić information content (AvgIpc) is 2.37. The minimum absolute atomic E-state index is 0.117. The van der Waals surface area contributed by atoms with Crippen LogP contribution < -0.4 is 5.73 Å². The first-order valence-corrected chi connectivity index (χ1v) is 6.59. The van der Waals surface area contributed by atoms with Gasteiger partial charge in [0.1, 0.15) is 0 Å². The van der Waals surface area contributed by atoms with E-state index in [1.807, 2.05) is 19.1 Å². The lowest BCUT2D eigenvalue weighted by Gasteiger charge is -2.14.